The molecule has 1 aliphatic carbocycles. The summed E-state index contributed by atoms with van der Waals surface area (Å²) in [7, 11) is 4.22. The van der Waals surface area contributed by atoms with Crippen LogP contribution in [-0.2, 0) is 0 Å². The Morgan fingerprint density at radius 3 is 2.48 bits per heavy atom. The van der Waals surface area contributed by atoms with E-state index in [9.17, 15) is 0 Å². The monoisotopic (exact) mass is 305 g/mol. The summed E-state index contributed by atoms with van der Waals surface area (Å²) >= 11 is 5.45. The second-order valence-corrected chi connectivity index (χ2v) is 6.49. The fourth-order valence-corrected chi connectivity index (χ4v) is 3.20. The smallest absolute Gasteiger partial charge is 0.166 e. The van der Waals surface area contributed by atoms with E-state index in [1.54, 1.807) is 0 Å². The molecule has 0 aromatic heterocycles. The van der Waals surface area contributed by atoms with Gasteiger partial charge in [-0.2, -0.15) is 0 Å². The lowest BCUT2D eigenvalue weighted by atomic mass is 9.96. The molecule has 1 fully saturated rings. The van der Waals surface area contributed by atoms with E-state index in [-0.39, 0.29) is 0 Å². The molecule has 0 saturated heterocycles. The van der Waals surface area contributed by atoms with Gasteiger partial charge >= 0.3 is 0 Å². The van der Waals surface area contributed by atoms with Gasteiger partial charge in [-0.05, 0) is 44.7 Å². The van der Waals surface area contributed by atoms with Crippen LogP contribution in [0.1, 0.15) is 43.7 Å². The van der Waals surface area contributed by atoms with Gasteiger partial charge < -0.3 is 15.5 Å². The van der Waals surface area contributed by atoms with Crippen LogP contribution in [0.3, 0.4) is 0 Å². The quantitative estimate of drug-likeness (QED) is 0.818. The van der Waals surface area contributed by atoms with Gasteiger partial charge in [-0.1, -0.05) is 49.6 Å². The highest BCUT2D eigenvalue weighted by Crippen LogP contribution is 2.18. The fourth-order valence-electron chi connectivity index (χ4n) is 2.95. The van der Waals surface area contributed by atoms with Crippen molar-refractivity contribution in [1.82, 2.24) is 15.5 Å². The van der Waals surface area contributed by atoms with E-state index in [0.29, 0.717) is 12.1 Å². The first-order valence-corrected chi connectivity index (χ1v) is 8.33. The minimum absolute atomic E-state index is 0.331. The fraction of sp³-hybridized carbons (Fsp3) is 0.588. The lowest BCUT2D eigenvalue weighted by molar-refractivity contribution is 0.298. The van der Waals surface area contributed by atoms with Crippen LogP contribution in [0.4, 0.5) is 0 Å². The Kier molecular flexibility index (Phi) is 6.46. The minimum Gasteiger partial charge on any atom is -0.361 e. The van der Waals surface area contributed by atoms with Crippen LogP contribution in [0.5, 0.6) is 0 Å². The summed E-state index contributed by atoms with van der Waals surface area (Å²) in [6.45, 7) is 0.829. The maximum absolute atomic E-state index is 5.45. The highest BCUT2D eigenvalue weighted by molar-refractivity contribution is 7.80. The molecule has 2 rings (SSSR count). The Labute approximate surface area is 134 Å². The van der Waals surface area contributed by atoms with Crippen molar-refractivity contribution < 1.29 is 0 Å². The lowest BCUT2D eigenvalue weighted by Gasteiger charge is -2.28. The topological polar surface area (TPSA) is 27.3 Å². The van der Waals surface area contributed by atoms with E-state index in [2.05, 4.69) is 60.0 Å². The molecule has 116 valence electrons. The molecule has 3 nitrogen and oxygen atoms in total. The number of hydrogen-bond donors (Lipinski definition) is 2. The van der Waals surface area contributed by atoms with E-state index < -0.39 is 0 Å². The number of thiocarbonyl (C=S) groups is 1. The van der Waals surface area contributed by atoms with Crippen LogP contribution < -0.4 is 10.6 Å². The summed E-state index contributed by atoms with van der Waals surface area (Å²) in [5.74, 6) is 0. The summed E-state index contributed by atoms with van der Waals surface area (Å²) in [5, 5.41) is 7.65. The van der Waals surface area contributed by atoms with Crippen LogP contribution in [0.15, 0.2) is 30.3 Å². The molecule has 1 aromatic rings. The van der Waals surface area contributed by atoms with E-state index in [1.807, 2.05) is 0 Å². The van der Waals surface area contributed by atoms with Gasteiger partial charge in [0.2, 0.25) is 0 Å². The van der Waals surface area contributed by atoms with Crippen LogP contribution in [0.25, 0.3) is 0 Å². The number of nitrogens with zero attached hydrogens (tertiary/aromatic N) is 1. The maximum Gasteiger partial charge on any atom is 0.166 e. The predicted octanol–water partition coefficient (Wildman–Crippen LogP) is 3.09. The van der Waals surface area contributed by atoms with Crippen LogP contribution in [-0.4, -0.2) is 36.7 Å². The zero-order chi connectivity index (χ0) is 15.1. The Morgan fingerprint density at radius 1 is 1.19 bits per heavy atom. The summed E-state index contributed by atoms with van der Waals surface area (Å²) in [4.78, 5) is 2.23. The maximum atomic E-state index is 5.45. The zero-order valence-electron chi connectivity index (χ0n) is 13.1. The van der Waals surface area contributed by atoms with Crippen molar-refractivity contribution in [2.75, 3.05) is 20.6 Å². The van der Waals surface area contributed by atoms with Crippen molar-refractivity contribution in [2.24, 2.45) is 0 Å². The van der Waals surface area contributed by atoms with Gasteiger partial charge in [0.1, 0.15) is 0 Å². The Morgan fingerprint density at radius 2 is 1.86 bits per heavy atom. The van der Waals surface area contributed by atoms with E-state index in [4.69, 9.17) is 12.2 Å². The molecule has 0 aliphatic heterocycles. The van der Waals surface area contributed by atoms with E-state index in [1.165, 1.54) is 37.7 Å². The third-order valence-electron chi connectivity index (χ3n) is 4.20. The number of hydrogen-bond acceptors (Lipinski definition) is 2. The first-order chi connectivity index (χ1) is 10.2. The van der Waals surface area contributed by atoms with Crippen molar-refractivity contribution in [1.29, 1.82) is 0 Å². The second kappa shape index (κ2) is 8.35. The molecule has 0 amide bonds. The first kappa shape index (κ1) is 16.2. The van der Waals surface area contributed by atoms with Crippen LogP contribution in [0.2, 0.25) is 0 Å². The third kappa shape index (κ3) is 5.29. The minimum atomic E-state index is 0.331. The van der Waals surface area contributed by atoms with Gasteiger partial charge in [0, 0.05) is 12.6 Å². The van der Waals surface area contributed by atoms with Gasteiger partial charge in [-0.15, -0.1) is 0 Å². The molecule has 4 heteroatoms. The highest BCUT2D eigenvalue weighted by atomic mass is 32.1. The second-order valence-electron chi connectivity index (χ2n) is 6.08. The Bertz CT molecular complexity index is 427. The molecule has 2 N–H and O–H groups in total. The number of benzene rings is 1. The van der Waals surface area contributed by atoms with Gasteiger partial charge in [-0.3, -0.25) is 0 Å². The van der Waals surface area contributed by atoms with Crippen molar-refractivity contribution >= 4 is 17.3 Å². The zero-order valence-corrected chi connectivity index (χ0v) is 14.0. The highest BCUT2D eigenvalue weighted by Gasteiger charge is 2.16. The van der Waals surface area contributed by atoms with E-state index >= 15 is 0 Å². The SMILES string of the molecule is CN(C)[C@@H](CNC(=S)NC1CCCCC1)c1ccccc1. The third-order valence-corrected chi connectivity index (χ3v) is 4.47. The number of nitrogens with one attached hydrogen (secondary N) is 2. The van der Waals surface area contributed by atoms with Crippen LogP contribution in [0, 0.1) is 0 Å². The van der Waals surface area contributed by atoms with Crippen molar-refractivity contribution in [3.8, 4) is 0 Å². The number of likely N-dealkylation sites (N-methyl/N-ethyl adjacent to an activating group) is 1. The predicted molar refractivity (Wildman–Crippen MR) is 93.5 cm³/mol. The van der Waals surface area contributed by atoms with Crippen molar-refractivity contribution in [2.45, 2.75) is 44.2 Å². The van der Waals surface area contributed by atoms with Gasteiger partial charge in [0.25, 0.3) is 0 Å². The molecular weight excluding hydrogens is 278 g/mol. The Hall–Kier alpha value is -1.13. The van der Waals surface area contributed by atoms with Gasteiger partial charge in [-0.25, -0.2) is 0 Å². The van der Waals surface area contributed by atoms with Crippen molar-refractivity contribution in [3.63, 3.8) is 0 Å². The summed E-state index contributed by atoms with van der Waals surface area (Å²) in [6, 6.07) is 11.5. The van der Waals surface area contributed by atoms with E-state index in [0.717, 1.165) is 11.7 Å². The summed E-state index contributed by atoms with van der Waals surface area (Å²) < 4.78 is 0. The molecule has 0 heterocycles. The van der Waals surface area contributed by atoms with Crippen LogP contribution >= 0.6 is 12.2 Å². The molecule has 1 aromatic carbocycles. The summed E-state index contributed by atoms with van der Waals surface area (Å²) in [5.41, 5.74) is 1.32. The summed E-state index contributed by atoms with van der Waals surface area (Å²) in [6.07, 6.45) is 6.51. The average molecular weight is 305 g/mol. The molecule has 1 saturated carbocycles. The Balaban J connectivity index is 1.82. The van der Waals surface area contributed by atoms with Gasteiger partial charge in [0.15, 0.2) is 5.11 Å². The molecule has 0 radical (unpaired) electrons. The number of rotatable bonds is 5. The molecule has 21 heavy (non-hydrogen) atoms. The largest absolute Gasteiger partial charge is 0.361 e. The lowest BCUT2D eigenvalue weighted by Crippen LogP contribution is -2.45. The molecule has 1 atom stereocenters. The molecule has 1 aliphatic rings. The molecule has 0 bridgehead atoms. The molecule has 0 unspecified atom stereocenters. The van der Waals surface area contributed by atoms with Gasteiger partial charge in [0.05, 0.1) is 6.04 Å². The normalized spacial score (nSPS) is 17.5. The first-order valence-electron chi connectivity index (χ1n) is 7.92. The standard InChI is InChI=1S/C17H27N3S/c1-20(2)16(14-9-5-3-6-10-14)13-18-17(21)19-15-11-7-4-8-12-15/h3,5-6,9-10,15-16H,4,7-8,11-13H2,1-2H3,(H2,18,19,21)/t16-/m0/s1. The van der Waals surface area contributed by atoms with Crippen molar-refractivity contribution in [3.05, 3.63) is 35.9 Å². The molecular formula is C17H27N3S. The molecule has 0 spiro atoms. The average Bonchev–Trinajstić information content (AvgIpc) is 2.49.